The van der Waals surface area contributed by atoms with E-state index in [4.69, 9.17) is 0 Å². The number of aryl methyl sites for hydroxylation is 1. The van der Waals surface area contributed by atoms with Gasteiger partial charge < -0.3 is 19.3 Å². The third-order valence-corrected chi connectivity index (χ3v) is 5.83. The van der Waals surface area contributed by atoms with Crippen LogP contribution in [-0.4, -0.2) is 30.3 Å². The van der Waals surface area contributed by atoms with Gasteiger partial charge in [0.2, 0.25) is 0 Å². The third-order valence-electron chi connectivity index (χ3n) is 4.80. The van der Waals surface area contributed by atoms with Crippen molar-refractivity contribution in [1.82, 2.24) is 14.1 Å². The molecule has 0 aliphatic carbocycles. The fraction of sp³-hybridized carbons (Fsp3) is 0.143. The minimum atomic E-state index is -0.994. The van der Waals surface area contributed by atoms with Crippen LogP contribution in [0.2, 0.25) is 0 Å². The standard InChI is InChI=1S/C21H19N3O3S/c1-23-16-7-8-18(25)15(11-24-10-9-22-13-24)19(16)20(21(26)27)17(23)12-28-14-5-3-2-4-6-14/h2-10,13,25H,11-12H2,1H3,(H,26,27). The molecule has 142 valence electrons. The minimum absolute atomic E-state index is 0.0802. The van der Waals surface area contributed by atoms with E-state index in [1.165, 1.54) is 0 Å². The second kappa shape index (κ2) is 7.44. The van der Waals surface area contributed by atoms with Gasteiger partial charge in [0.1, 0.15) is 5.75 Å². The number of benzene rings is 2. The van der Waals surface area contributed by atoms with Crippen LogP contribution in [0.1, 0.15) is 21.6 Å². The first-order valence-electron chi connectivity index (χ1n) is 8.75. The van der Waals surface area contributed by atoms with Crippen molar-refractivity contribution in [3.63, 3.8) is 0 Å². The highest BCUT2D eigenvalue weighted by Gasteiger charge is 2.24. The molecule has 0 radical (unpaired) electrons. The molecule has 0 amide bonds. The minimum Gasteiger partial charge on any atom is -0.508 e. The van der Waals surface area contributed by atoms with Gasteiger partial charge in [-0.05, 0) is 24.3 Å². The Morgan fingerprint density at radius 1 is 1.18 bits per heavy atom. The van der Waals surface area contributed by atoms with Gasteiger partial charge in [-0.25, -0.2) is 9.78 Å². The molecule has 2 N–H and O–H groups in total. The Morgan fingerprint density at radius 3 is 2.64 bits per heavy atom. The number of phenols is 1. The molecule has 7 heteroatoms. The molecule has 28 heavy (non-hydrogen) atoms. The summed E-state index contributed by atoms with van der Waals surface area (Å²) < 4.78 is 3.72. The molecule has 0 unspecified atom stereocenters. The van der Waals surface area contributed by atoms with Crippen LogP contribution in [0, 0.1) is 0 Å². The van der Waals surface area contributed by atoms with E-state index in [1.54, 1.807) is 42.6 Å². The number of aromatic carboxylic acids is 1. The number of phenolic OH excluding ortho intramolecular Hbond substituents is 1. The summed E-state index contributed by atoms with van der Waals surface area (Å²) in [6.07, 6.45) is 5.09. The van der Waals surface area contributed by atoms with Gasteiger partial charge in [0, 0.05) is 52.3 Å². The molecule has 0 aliphatic heterocycles. The van der Waals surface area contributed by atoms with Crippen molar-refractivity contribution in [3.8, 4) is 5.75 Å². The molecule has 2 heterocycles. The maximum atomic E-state index is 12.2. The molecule has 0 aliphatic rings. The highest BCUT2D eigenvalue weighted by atomic mass is 32.2. The number of aromatic nitrogens is 3. The average molecular weight is 393 g/mol. The van der Waals surface area contributed by atoms with Crippen LogP contribution in [0.3, 0.4) is 0 Å². The second-order valence-corrected chi connectivity index (χ2v) is 7.53. The summed E-state index contributed by atoms with van der Waals surface area (Å²) in [5.41, 5.74) is 2.33. The molecule has 2 aromatic carbocycles. The van der Waals surface area contributed by atoms with Gasteiger partial charge in [0.25, 0.3) is 0 Å². The maximum absolute atomic E-state index is 12.2. The number of rotatable bonds is 6. The van der Waals surface area contributed by atoms with Gasteiger partial charge in [0.15, 0.2) is 0 Å². The largest absolute Gasteiger partial charge is 0.508 e. The Kier molecular flexibility index (Phi) is 4.83. The van der Waals surface area contributed by atoms with E-state index >= 15 is 0 Å². The summed E-state index contributed by atoms with van der Waals surface area (Å²) in [4.78, 5) is 17.3. The van der Waals surface area contributed by atoms with Gasteiger partial charge in [0.05, 0.1) is 18.4 Å². The van der Waals surface area contributed by atoms with E-state index in [0.717, 1.165) is 10.4 Å². The number of nitrogens with zero attached hydrogens (tertiary/aromatic N) is 3. The van der Waals surface area contributed by atoms with E-state index in [-0.39, 0.29) is 11.3 Å². The molecule has 4 rings (SSSR count). The SMILES string of the molecule is Cn1c(CSc2ccccc2)c(C(=O)O)c2c(Cn3ccnc3)c(O)ccc21. The lowest BCUT2D eigenvalue weighted by molar-refractivity contribution is 0.0698. The predicted octanol–water partition coefficient (Wildman–Crippen LogP) is 4.12. The van der Waals surface area contributed by atoms with Crippen molar-refractivity contribution in [1.29, 1.82) is 0 Å². The van der Waals surface area contributed by atoms with Crippen LogP contribution in [0.25, 0.3) is 10.9 Å². The third kappa shape index (κ3) is 3.25. The first-order valence-corrected chi connectivity index (χ1v) is 9.73. The van der Waals surface area contributed by atoms with Crippen LogP contribution in [0.15, 0.2) is 66.1 Å². The fourth-order valence-corrected chi connectivity index (χ4v) is 4.42. The number of fused-ring (bicyclic) bond motifs is 1. The summed E-state index contributed by atoms with van der Waals surface area (Å²) in [6, 6.07) is 13.3. The smallest absolute Gasteiger partial charge is 0.338 e. The number of hydrogen-bond donors (Lipinski definition) is 2. The first kappa shape index (κ1) is 18.2. The Hall–Kier alpha value is -3.19. The van der Waals surface area contributed by atoms with Crippen LogP contribution in [0.5, 0.6) is 5.75 Å². The summed E-state index contributed by atoms with van der Waals surface area (Å²) in [5, 5.41) is 21.0. The van der Waals surface area contributed by atoms with Crippen molar-refractivity contribution in [3.05, 3.63) is 78.0 Å². The van der Waals surface area contributed by atoms with Gasteiger partial charge in [-0.3, -0.25) is 0 Å². The topological polar surface area (TPSA) is 80.3 Å². The van der Waals surface area contributed by atoms with Crippen molar-refractivity contribution in [2.45, 2.75) is 17.2 Å². The molecular weight excluding hydrogens is 374 g/mol. The Labute approximate surface area is 166 Å². The molecule has 0 bridgehead atoms. The van der Waals surface area contributed by atoms with E-state index in [0.29, 0.717) is 28.9 Å². The molecule has 0 saturated carbocycles. The second-order valence-electron chi connectivity index (χ2n) is 6.48. The fourth-order valence-electron chi connectivity index (χ4n) is 3.43. The van der Waals surface area contributed by atoms with E-state index in [2.05, 4.69) is 4.98 Å². The van der Waals surface area contributed by atoms with Crippen molar-refractivity contribution in [2.75, 3.05) is 0 Å². The zero-order chi connectivity index (χ0) is 19.7. The number of carboxylic acid groups (broad SMARTS) is 1. The summed E-state index contributed by atoms with van der Waals surface area (Å²) in [7, 11) is 1.87. The lowest BCUT2D eigenvalue weighted by atomic mass is 10.0. The number of carboxylic acids is 1. The molecule has 0 spiro atoms. The quantitative estimate of drug-likeness (QED) is 0.482. The lowest BCUT2D eigenvalue weighted by Gasteiger charge is -2.09. The zero-order valence-corrected chi connectivity index (χ0v) is 16.1. The summed E-state index contributed by atoms with van der Waals surface area (Å²) in [5.74, 6) is -0.398. The highest BCUT2D eigenvalue weighted by molar-refractivity contribution is 7.98. The van der Waals surface area contributed by atoms with Crippen LogP contribution >= 0.6 is 11.8 Å². The lowest BCUT2D eigenvalue weighted by Crippen LogP contribution is -2.04. The molecule has 0 saturated heterocycles. The zero-order valence-electron chi connectivity index (χ0n) is 15.2. The molecule has 0 atom stereocenters. The number of hydrogen-bond acceptors (Lipinski definition) is 4. The maximum Gasteiger partial charge on any atom is 0.338 e. The van der Waals surface area contributed by atoms with Crippen molar-refractivity contribution >= 4 is 28.6 Å². The monoisotopic (exact) mass is 393 g/mol. The van der Waals surface area contributed by atoms with E-state index < -0.39 is 5.97 Å². The van der Waals surface area contributed by atoms with E-state index in [1.807, 2.05) is 46.5 Å². The van der Waals surface area contributed by atoms with Crippen LogP contribution in [0.4, 0.5) is 0 Å². The van der Waals surface area contributed by atoms with Crippen LogP contribution in [-0.2, 0) is 19.3 Å². The number of aromatic hydroxyl groups is 1. The molecule has 2 aromatic heterocycles. The van der Waals surface area contributed by atoms with Gasteiger partial charge in [-0.15, -0.1) is 11.8 Å². The number of thioether (sulfide) groups is 1. The predicted molar refractivity (Wildman–Crippen MR) is 109 cm³/mol. The number of carbonyl (C=O) groups is 1. The Morgan fingerprint density at radius 2 is 1.96 bits per heavy atom. The Balaban J connectivity index is 1.85. The van der Waals surface area contributed by atoms with Gasteiger partial charge in [-0.2, -0.15) is 0 Å². The summed E-state index contributed by atoms with van der Waals surface area (Å²) >= 11 is 1.59. The van der Waals surface area contributed by atoms with Gasteiger partial charge in [-0.1, -0.05) is 18.2 Å². The van der Waals surface area contributed by atoms with Gasteiger partial charge >= 0.3 is 5.97 Å². The average Bonchev–Trinajstić information content (AvgIpc) is 3.29. The number of imidazole rings is 1. The molecule has 0 fully saturated rings. The molecule has 6 nitrogen and oxygen atoms in total. The highest BCUT2D eigenvalue weighted by Crippen LogP contribution is 2.36. The van der Waals surface area contributed by atoms with E-state index in [9.17, 15) is 15.0 Å². The summed E-state index contributed by atoms with van der Waals surface area (Å²) in [6.45, 7) is 0.346. The molecular formula is C21H19N3O3S. The van der Waals surface area contributed by atoms with Crippen molar-refractivity contribution < 1.29 is 15.0 Å². The van der Waals surface area contributed by atoms with Crippen LogP contribution < -0.4 is 0 Å². The normalized spacial score (nSPS) is 11.2. The Bertz CT molecular complexity index is 1140. The first-order chi connectivity index (χ1) is 13.6. The van der Waals surface area contributed by atoms with Crippen molar-refractivity contribution in [2.24, 2.45) is 7.05 Å². The molecule has 4 aromatic rings.